The third-order valence-electron chi connectivity index (χ3n) is 5.07. The van der Waals surface area contributed by atoms with E-state index in [2.05, 4.69) is 15.5 Å². The Morgan fingerprint density at radius 3 is 2.79 bits per heavy atom. The van der Waals surface area contributed by atoms with Gasteiger partial charge in [0.2, 0.25) is 0 Å². The van der Waals surface area contributed by atoms with Crippen LogP contribution in [0.1, 0.15) is 5.69 Å². The smallest absolute Gasteiger partial charge is 0.352 e. The van der Waals surface area contributed by atoms with Crippen molar-refractivity contribution in [2.75, 3.05) is 25.2 Å². The van der Waals surface area contributed by atoms with Crippen LogP contribution in [0.2, 0.25) is 0 Å². The molecule has 3 heterocycles. The number of oxime groups is 1. The largest absolute Gasteiger partial charge is 0.497 e. The van der Waals surface area contributed by atoms with Gasteiger partial charge >= 0.3 is 5.97 Å². The first-order chi connectivity index (χ1) is 16.3. The number of hydrogen-bond acceptors (Lipinski definition) is 11. The number of nitrogens with two attached hydrogens (primary N) is 1. The fourth-order valence-corrected chi connectivity index (χ4v) is 5.35. The summed E-state index contributed by atoms with van der Waals surface area (Å²) in [5, 5.41) is 25.5. The van der Waals surface area contributed by atoms with Gasteiger partial charge in [0, 0.05) is 22.8 Å². The molecule has 5 N–H and O–H groups in total. The molecule has 34 heavy (non-hydrogen) atoms. The Labute approximate surface area is 201 Å². The number of benzene rings is 1. The topological polar surface area (TPSA) is 177 Å². The highest BCUT2D eigenvalue weighted by Crippen LogP contribution is 2.40. The van der Waals surface area contributed by atoms with Gasteiger partial charge in [-0.25, -0.2) is 9.78 Å². The van der Waals surface area contributed by atoms with Gasteiger partial charge in [-0.3, -0.25) is 14.5 Å². The average molecular weight is 506 g/mol. The van der Waals surface area contributed by atoms with Crippen LogP contribution in [0.3, 0.4) is 0 Å². The van der Waals surface area contributed by atoms with E-state index < -0.39 is 34.9 Å². The monoisotopic (exact) mass is 505 g/mol. The molecule has 14 heteroatoms. The number of fused-ring (bicyclic) bond motifs is 1. The number of aromatic nitrogens is 1. The van der Waals surface area contributed by atoms with Crippen LogP contribution >= 0.6 is 23.1 Å². The minimum Gasteiger partial charge on any atom is -0.497 e. The second-order valence-electron chi connectivity index (χ2n) is 7.11. The summed E-state index contributed by atoms with van der Waals surface area (Å²) in [6.45, 7) is -0.0398. The third kappa shape index (κ3) is 4.36. The van der Waals surface area contributed by atoms with Gasteiger partial charge in [-0.05, 0) is 12.1 Å². The lowest BCUT2D eigenvalue weighted by Crippen LogP contribution is -2.71. The Kier molecular flexibility index (Phi) is 6.61. The molecule has 1 aromatic carbocycles. The van der Waals surface area contributed by atoms with E-state index in [1.807, 2.05) is 0 Å². The van der Waals surface area contributed by atoms with Gasteiger partial charge in [-0.2, -0.15) is 0 Å². The third-order valence-corrected chi connectivity index (χ3v) is 7.08. The Bertz CT molecular complexity index is 1210. The number of β-lactam (4-membered cyclic amide) rings is 1. The quantitative estimate of drug-likeness (QED) is 0.173. The van der Waals surface area contributed by atoms with E-state index in [0.29, 0.717) is 17.1 Å². The molecule has 0 saturated carbocycles. The maximum absolute atomic E-state index is 12.8. The SMILES string of the molecule is COc1cccc(OCC2=C(C(=O)O)N3C(=O)C(NC(=O)/C(=N\O)c4csc(N)n4)[C@H]3SC2)c1. The molecule has 4 rings (SSSR count). The first-order valence-electron chi connectivity index (χ1n) is 9.75. The maximum atomic E-state index is 12.8. The molecule has 2 amide bonds. The van der Waals surface area contributed by atoms with Crippen molar-refractivity contribution in [3.05, 3.63) is 46.6 Å². The number of carbonyl (C=O) groups excluding carboxylic acids is 2. The second kappa shape index (κ2) is 9.61. The summed E-state index contributed by atoms with van der Waals surface area (Å²) in [5.74, 6) is -1.36. The van der Waals surface area contributed by atoms with Crippen LogP contribution in [-0.4, -0.2) is 74.6 Å². The first kappa shape index (κ1) is 23.4. The number of carboxylic acids is 1. The highest BCUT2D eigenvalue weighted by atomic mass is 32.2. The predicted molar refractivity (Wildman–Crippen MR) is 123 cm³/mol. The molecule has 0 spiro atoms. The van der Waals surface area contributed by atoms with Gasteiger partial charge in [0.1, 0.15) is 40.9 Å². The first-order valence-corrected chi connectivity index (χ1v) is 11.7. The second-order valence-corrected chi connectivity index (χ2v) is 9.10. The molecule has 178 valence electrons. The maximum Gasteiger partial charge on any atom is 0.352 e. The van der Waals surface area contributed by atoms with Crippen LogP contribution in [0.5, 0.6) is 11.5 Å². The number of hydrogen-bond donors (Lipinski definition) is 4. The predicted octanol–water partition coefficient (Wildman–Crippen LogP) is 0.730. The molecule has 1 saturated heterocycles. The number of rotatable bonds is 8. The highest BCUT2D eigenvalue weighted by molar-refractivity contribution is 8.00. The number of nitrogens with zero attached hydrogens (tertiary/aromatic N) is 3. The standard InChI is InChI=1S/C20H19N5O7S2/c1-31-10-3-2-4-11(5-10)32-6-9-7-33-18-14(17(27)25(18)15(9)19(28)29)23-16(26)13(24-30)12-8-34-20(21)22-12/h2-5,8,14,18,30H,6-7H2,1H3,(H2,21,22)(H,23,26)(H,28,29)/b24-13-/t14?,18-/m1/s1. The van der Waals surface area contributed by atoms with Gasteiger partial charge in [0.05, 0.1) is 7.11 Å². The normalized spacial score (nSPS) is 19.9. The van der Waals surface area contributed by atoms with Gasteiger partial charge in [-0.15, -0.1) is 23.1 Å². The number of nitrogen functional groups attached to an aromatic ring is 1. The molecule has 1 fully saturated rings. The van der Waals surface area contributed by atoms with Crippen molar-refractivity contribution in [3.63, 3.8) is 0 Å². The van der Waals surface area contributed by atoms with Crippen molar-refractivity contribution in [3.8, 4) is 11.5 Å². The van der Waals surface area contributed by atoms with E-state index in [-0.39, 0.29) is 28.9 Å². The lowest BCUT2D eigenvalue weighted by atomic mass is 10.0. The summed E-state index contributed by atoms with van der Waals surface area (Å²) >= 11 is 2.34. The average Bonchev–Trinajstić information content (AvgIpc) is 3.26. The summed E-state index contributed by atoms with van der Waals surface area (Å²) in [6, 6.07) is 5.86. The number of methoxy groups -OCH3 is 1. The fourth-order valence-electron chi connectivity index (χ4n) is 3.47. The molecule has 2 aliphatic heterocycles. The molecule has 0 bridgehead atoms. The number of anilines is 1. The molecule has 2 aromatic rings. The van der Waals surface area contributed by atoms with Crippen molar-refractivity contribution in [2.24, 2.45) is 5.16 Å². The Morgan fingerprint density at radius 1 is 1.38 bits per heavy atom. The van der Waals surface area contributed by atoms with E-state index in [0.717, 1.165) is 16.2 Å². The van der Waals surface area contributed by atoms with E-state index in [1.54, 1.807) is 24.3 Å². The van der Waals surface area contributed by atoms with Crippen LogP contribution in [-0.2, 0) is 14.4 Å². The number of carboxylic acid groups (broad SMARTS) is 1. The number of aliphatic carboxylic acids is 1. The van der Waals surface area contributed by atoms with Crippen molar-refractivity contribution in [2.45, 2.75) is 11.4 Å². The number of thiazole rings is 1. The zero-order chi connectivity index (χ0) is 24.4. The number of amides is 2. The number of ether oxygens (including phenoxy) is 2. The van der Waals surface area contributed by atoms with Crippen LogP contribution in [0, 0.1) is 0 Å². The summed E-state index contributed by atoms with van der Waals surface area (Å²) < 4.78 is 10.9. The van der Waals surface area contributed by atoms with E-state index in [9.17, 15) is 24.7 Å². The fraction of sp³-hybridized carbons (Fsp3) is 0.250. The lowest BCUT2D eigenvalue weighted by molar-refractivity contribution is -0.150. The van der Waals surface area contributed by atoms with Gasteiger partial charge in [0.25, 0.3) is 11.8 Å². The van der Waals surface area contributed by atoms with Crippen molar-refractivity contribution in [1.29, 1.82) is 0 Å². The summed E-state index contributed by atoms with van der Waals surface area (Å²) in [6.07, 6.45) is 0. The van der Waals surface area contributed by atoms with Crippen LogP contribution in [0.15, 0.2) is 46.1 Å². The number of carbonyl (C=O) groups is 3. The molecular formula is C20H19N5O7S2. The van der Waals surface area contributed by atoms with Crippen molar-refractivity contribution >= 4 is 51.7 Å². The molecule has 0 aliphatic carbocycles. The van der Waals surface area contributed by atoms with Gasteiger partial charge < -0.3 is 30.8 Å². The minimum absolute atomic E-state index is 0.0398. The van der Waals surface area contributed by atoms with Gasteiger partial charge in [-0.1, -0.05) is 11.2 Å². The van der Waals surface area contributed by atoms with E-state index in [1.165, 1.54) is 24.3 Å². The number of thioether (sulfide) groups is 1. The van der Waals surface area contributed by atoms with Gasteiger partial charge in [0.15, 0.2) is 10.8 Å². The van der Waals surface area contributed by atoms with Crippen LogP contribution < -0.4 is 20.5 Å². The Hall–Kier alpha value is -3.78. The van der Waals surface area contributed by atoms with Crippen molar-refractivity contribution < 1.29 is 34.2 Å². The molecule has 2 aliphatic rings. The Morgan fingerprint density at radius 2 is 2.15 bits per heavy atom. The lowest BCUT2D eigenvalue weighted by Gasteiger charge is -2.49. The molecule has 1 unspecified atom stereocenters. The Balaban J connectivity index is 1.47. The molecular weight excluding hydrogens is 486 g/mol. The highest BCUT2D eigenvalue weighted by Gasteiger charge is 2.54. The number of nitrogens with one attached hydrogen (secondary N) is 1. The molecule has 2 atom stereocenters. The van der Waals surface area contributed by atoms with E-state index in [4.69, 9.17) is 15.2 Å². The molecule has 1 aromatic heterocycles. The van der Waals surface area contributed by atoms with Crippen LogP contribution in [0.4, 0.5) is 5.13 Å². The zero-order valence-corrected chi connectivity index (χ0v) is 19.3. The van der Waals surface area contributed by atoms with E-state index >= 15 is 0 Å². The van der Waals surface area contributed by atoms with Crippen molar-refractivity contribution in [1.82, 2.24) is 15.2 Å². The van der Waals surface area contributed by atoms with Crippen LogP contribution in [0.25, 0.3) is 0 Å². The minimum atomic E-state index is -1.27. The summed E-state index contributed by atoms with van der Waals surface area (Å²) in [7, 11) is 1.52. The summed E-state index contributed by atoms with van der Waals surface area (Å²) in [5.41, 5.74) is 5.46. The molecule has 12 nitrogen and oxygen atoms in total. The molecule has 0 radical (unpaired) electrons. The summed E-state index contributed by atoms with van der Waals surface area (Å²) in [4.78, 5) is 42.4. The zero-order valence-electron chi connectivity index (χ0n) is 17.6.